The standard InChI is InChI=1S/C12H21N3/c13-6-10(7-14)4-5-15-8-11-2-1-3-12(11)9-15/h6-7,11-13H,1-5,8-9,14H2/b10-7-,13-6?. The maximum absolute atomic E-state index is 7.17. The van der Waals surface area contributed by atoms with Crippen molar-refractivity contribution >= 4 is 6.21 Å². The van der Waals surface area contributed by atoms with Crippen molar-refractivity contribution < 1.29 is 0 Å². The minimum absolute atomic E-state index is 0.930. The number of hydrogen-bond donors (Lipinski definition) is 2. The molecule has 0 aromatic heterocycles. The van der Waals surface area contributed by atoms with Crippen molar-refractivity contribution in [1.82, 2.24) is 4.90 Å². The van der Waals surface area contributed by atoms with Crippen LogP contribution in [0, 0.1) is 17.2 Å². The molecule has 0 radical (unpaired) electrons. The van der Waals surface area contributed by atoms with E-state index in [-0.39, 0.29) is 0 Å². The van der Waals surface area contributed by atoms with Crippen molar-refractivity contribution in [2.24, 2.45) is 17.6 Å². The van der Waals surface area contributed by atoms with Crippen LogP contribution in [0.15, 0.2) is 11.8 Å². The molecule has 1 saturated heterocycles. The largest absolute Gasteiger partial charge is 0.404 e. The van der Waals surface area contributed by atoms with Gasteiger partial charge < -0.3 is 16.0 Å². The van der Waals surface area contributed by atoms with E-state index in [4.69, 9.17) is 11.1 Å². The van der Waals surface area contributed by atoms with Gasteiger partial charge in [-0.05, 0) is 42.9 Å². The Morgan fingerprint density at radius 3 is 2.53 bits per heavy atom. The molecular formula is C12H21N3. The van der Waals surface area contributed by atoms with Crippen LogP contribution in [0.4, 0.5) is 0 Å². The van der Waals surface area contributed by atoms with Crippen molar-refractivity contribution in [3.63, 3.8) is 0 Å². The molecule has 0 spiro atoms. The highest BCUT2D eigenvalue weighted by Gasteiger charge is 2.35. The first kappa shape index (κ1) is 10.7. The van der Waals surface area contributed by atoms with Gasteiger partial charge in [0.25, 0.3) is 0 Å². The van der Waals surface area contributed by atoms with E-state index in [0.717, 1.165) is 30.4 Å². The predicted molar refractivity (Wildman–Crippen MR) is 62.9 cm³/mol. The summed E-state index contributed by atoms with van der Waals surface area (Å²) in [6, 6.07) is 0. The fraction of sp³-hybridized carbons (Fsp3) is 0.750. The molecular weight excluding hydrogens is 186 g/mol. The fourth-order valence-corrected chi connectivity index (χ4v) is 3.01. The summed E-state index contributed by atoms with van der Waals surface area (Å²) in [6.07, 6.45) is 8.18. The van der Waals surface area contributed by atoms with Gasteiger partial charge in [-0.3, -0.25) is 0 Å². The molecule has 1 saturated carbocycles. The highest BCUT2D eigenvalue weighted by molar-refractivity contribution is 5.75. The van der Waals surface area contributed by atoms with Crippen LogP contribution in [0.5, 0.6) is 0 Å². The molecule has 3 heteroatoms. The quantitative estimate of drug-likeness (QED) is 0.688. The molecule has 84 valence electrons. The molecule has 0 aromatic rings. The molecule has 0 aromatic carbocycles. The monoisotopic (exact) mass is 207 g/mol. The van der Waals surface area contributed by atoms with Crippen LogP contribution in [0.25, 0.3) is 0 Å². The summed E-state index contributed by atoms with van der Waals surface area (Å²) in [7, 11) is 0. The molecule has 0 bridgehead atoms. The summed E-state index contributed by atoms with van der Waals surface area (Å²) in [5, 5.41) is 7.17. The first-order valence-corrected chi connectivity index (χ1v) is 5.97. The summed E-state index contributed by atoms with van der Waals surface area (Å²) in [5.41, 5.74) is 6.38. The van der Waals surface area contributed by atoms with E-state index in [9.17, 15) is 0 Å². The summed E-state index contributed by atoms with van der Waals surface area (Å²) in [5.74, 6) is 1.94. The summed E-state index contributed by atoms with van der Waals surface area (Å²) in [4.78, 5) is 2.54. The average molecular weight is 207 g/mol. The lowest BCUT2D eigenvalue weighted by Gasteiger charge is -2.16. The zero-order valence-corrected chi connectivity index (χ0v) is 9.28. The molecule has 0 amide bonds. The van der Waals surface area contributed by atoms with Gasteiger partial charge in [-0.1, -0.05) is 6.42 Å². The lowest BCUT2D eigenvalue weighted by Crippen LogP contribution is -2.23. The third kappa shape index (κ3) is 2.40. The van der Waals surface area contributed by atoms with Crippen LogP contribution >= 0.6 is 0 Å². The molecule has 1 aliphatic carbocycles. The molecule has 2 fully saturated rings. The first-order valence-electron chi connectivity index (χ1n) is 5.97. The Hall–Kier alpha value is -0.830. The lowest BCUT2D eigenvalue weighted by molar-refractivity contribution is 0.316. The number of nitrogens with one attached hydrogen (secondary N) is 1. The highest BCUT2D eigenvalue weighted by atomic mass is 15.2. The van der Waals surface area contributed by atoms with Crippen LogP contribution in [0.3, 0.4) is 0 Å². The maximum atomic E-state index is 7.17. The Kier molecular flexibility index (Phi) is 3.41. The van der Waals surface area contributed by atoms with Crippen LogP contribution in [-0.4, -0.2) is 30.7 Å². The first-order chi connectivity index (χ1) is 7.33. The Balaban J connectivity index is 1.75. The Morgan fingerprint density at radius 1 is 1.33 bits per heavy atom. The molecule has 1 heterocycles. The minimum Gasteiger partial charge on any atom is -0.404 e. The van der Waals surface area contributed by atoms with E-state index in [0.29, 0.717) is 0 Å². The van der Waals surface area contributed by atoms with Crippen molar-refractivity contribution in [2.75, 3.05) is 19.6 Å². The molecule has 3 N–H and O–H groups in total. The smallest absolute Gasteiger partial charge is 0.0224 e. The van der Waals surface area contributed by atoms with Gasteiger partial charge in [0, 0.05) is 25.8 Å². The fourth-order valence-electron chi connectivity index (χ4n) is 3.01. The molecule has 3 nitrogen and oxygen atoms in total. The van der Waals surface area contributed by atoms with Crippen molar-refractivity contribution in [2.45, 2.75) is 25.7 Å². The zero-order chi connectivity index (χ0) is 10.7. The van der Waals surface area contributed by atoms with E-state index < -0.39 is 0 Å². The van der Waals surface area contributed by atoms with Crippen molar-refractivity contribution in [3.05, 3.63) is 11.8 Å². The zero-order valence-electron chi connectivity index (χ0n) is 9.28. The molecule has 2 aliphatic rings. The average Bonchev–Trinajstić information content (AvgIpc) is 2.79. The summed E-state index contributed by atoms with van der Waals surface area (Å²) in [6.45, 7) is 3.63. The Bertz CT molecular complexity index is 248. The Morgan fingerprint density at radius 2 is 2.00 bits per heavy atom. The van der Waals surface area contributed by atoms with Crippen LogP contribution in [0.1, 0.15) is 25.7 Å². The van der Waals surface area contributed by atoms with Crippen LogP contribution < -0.4 is 5.73 Å². The number of hydrogen-bond acceptors (Lipinski definition) is 3. The van der Waals surface area contributed by atoms with Gasteiger partial charge in [-0.25, -0.2) is 0 Å². The van der Waals surface area contributed by atoms with E-state index in [2.05, 4.69) is 4.90 Å². The van der Waals surface area contributed by atoms with Gasteiger partial charge in [0.15, 0.2) is 0 Å². The van der Waals surface area contributed by atoms with Crippen LogP contribution in [0.2, 0.25) is 0 Å². The van der Waals surface area contributed by atoms with Gasteiger partial charge >= 0.3 is 0 Å². The summed E-state index contributed by atoms with van der Waals surface area (Å²) < 4.78 is 0. The second kappa shape index (κ2) is 4.79. The topological polar surface area (TPSA) is 53.1 Å². The SMILES string of the molecule is N=C/C(=C\N)CCN1CC2CCCC2C1. The van der Waals surface area contributed by atoms with E-state index in [1.165, 1.54) is 38.6 Å². The number of rotatable bonds is 4. The number of likely N-dealkylation sites (tertiary alicyclic amines) is 1. The minimum atomic E-state index is 0.930. The van der Waals surface area contributed by atoms with Gasteiger partial charge in [0.1, 0.15) is 0 Å². The number of nitrogens with zero attached hydrogens (tertiary/aromatic N) is 1. The maximum Gasteiger partial charge on any atom is 0.0224 e. The van der Waals surface area contributed by atoms with E-state index in [1.54, 1.807) is 6.20 Å². The molecule has 15 heavy (non-hydrogen) atoms. The van der Waals surface area contributed by atoms with E-state index >= 15 is 0 Å². The Labute approximate surface area is 91.8 Å². The van der Waals surface area contributed by atoms with Gasteiger partial charge in [-0.15, -0.1) is 0 Å². The third-order valence-corrected chi connectivity index (χ3v) is 3.92. The number of fused-ring (bicyclic) bond motifs is 1. The van der Waals surface area contributed by atoms with Gasteiger partial charge in [0.05, 0.1) is 0 Å². The highest BCUT2D eigenvalue weighted by Crippen LogP contribution is 2.37. The number of nitrogens with two attached hydrogens (primary N) is 1. The van der Waals surface area contributed by atoms with Gasteiger partial charge in [-0.2, -0.15) is 0 Å². The molecule has 2 unspecified atom stereocenters. The van der Waals surface area contributed by atoms with Gasteiger partial charge in [0.2, 0.25) is 0 Å². The predicted octanol–water partition coefficient (Wildman–Crippen LogP) is 1.60. The molecule has 2 atom stereocenters. The third-order valence-electron chi connectivity index (χ3n) is 3.92. The van der Waals surface area contributed by atoms with Crippen molar-refractivity contribution in [3.8, 4) is 0 Å². The molecule has 1 aliphatic heterocycles. The normalized spacial score (nSPS) is 31.9. The molecule has 2 rings (SSSR count). The van der Waals surface area contributed by atoms with Crippen molar-refractivity contribution in [1.29, 1.82) is 5.41 Å². The van der Waals surface area contributed by atoms with E-state index in [1.807, 2.05) is 0 Å². The van der Waals surface area contributed by atoms with Crippen LogP contribution in [-0.2, 0) is 0 Å². The second-order valence-electron chi connectivity index (χ2n) is 4.85. The summed E-state index contributed by atoms with van der Waals surface area (Å²) >= 11 is 0. The lowest BCUT2D eigenvalue weighted by atomic mass is 10.0. The second-order valence-corrected chi connectivity index (χ2v) is 4.85.